The molecule has 152 valence electrons. The number of nitrogens with two attached hydrogens (primary N) is 1. The van der Waals surface area contributed by atoms with Gasteiger partial charge in [-0.2, -0.15) is 5.26 Å². The molecule has 0 saturated carbocycles. The number of nitriles is 1. The van der Waals surface area contributed by atoms with Crippen LogP contribution < -0.4 is 19.9 Å². The number of aromatic nitrogens is 2. The minimum atomic E-state index is -0.547. The van der Waals surface area contributed by atoms with Crippen LogP contribution in [0.5, 0.6) is 23.1 Å². The molecule has 4 N–H and O–H groups in total. The predicted octanol–water partition coefficient (Wildman–Crippen LogP) is 3.41. The number of H-pyrrole nitrogens is 1. The molecule has 1 aliphatic heterocycles. The predicted molar refractivity (Wildman–Crippen MR) is 109 cm³/mol. The molecule has 0 bridgehead atoms. The molecule has 0 saturated heterocycles. The molecule has 3 aromatic rings. The summed E-state index contributed by atoms with van der Waals surface area (Å²) in [6.07, 6.45) is 0. The quantitative estimate of drug-likeness (QED) is 0.595. The fourth-order valence-electron chi connectivity index (χ4n) is 3.54. The van der Waals surface area contributed by atoms with Gasteiger partial charge in [-0.3, -0.25) is 5.10 Å². The summed E-state index contributed by atoms with van der Waals surface area (Å²) in [5.74, 6) is 0.817. The third-order valence-electron chi connectivity index (χ3n) is 4.93. The molecular weight excluding hydrogens is 384 g/mol. The summed E-state index contributed by atoms with van der Waals surface area (Å²) in [5, 5.41) is 27.2. The zero-order chi connectivity index (χ0) is 21.3. The lowest BCUT2D eigenvalue weighted by molar-refractivity contribution is 0.317. The minimum absolute atomic E-state index is 0.00573. The molecule has 2 heterocycles. The van der Waals surface area contributed by atoms with Gasteiger partial charge in [0.1, 0.15) is 17.4 Å². The first-order valence-electron chi connectivity index (χ1n) is 9.33. The first kappa shape index (κ1) is 19.2. The number of methoxy groups -OCH3 is 1. The Morgan fingerprint density at radius 3 is 2.70 bits per heavy atom. The van der Waals surface area contributed by atoms with E-state index in [1.807, 2.05) is 31.2 Å². The van der Waals surface area contributed by atoms with Crippen molar-refractivity contribution in [2.45, 2.75) is 12.8 Å². The molecule has 0 radical (unpaired) electrons. The molecule has 0 spiro atoms. The Balaban J connectivity index is 1.90. The molecule has 2 aromatic carbocycles. The Morgan fingerprint density at radius 1 is 1.27 bits per heavy atom. The first-order chi connectivity index (χ1) is 14.6. The highest BCUT2D eigenvalue weighted by Crippen LogP contribution is 2.47. The number of hydrogen-bond acceptors (Lipinski definition) is 7. The Labute approximate surface area is 173 Å². The number of nitrogens with one attached hydrogen (secondary N) is 1. The molecule has 1 atom stereocenters. The van der Waals surface area contributed by atoms with Crippen molar-refractivity contribution in [3.8, 4) is 40.5 Å². The van der Waals surface area contributed by atoms with Gasteiger partial charge in [0.2, 0.25) is 11.8 Å². The summed E-state index contributed by atoms with van der Waals surface area (Å²) in [5.41, 5.74) is 9.23. The molecular formula is C22H20N4O4. The summed E-state index contributed by atoms with van der Waals surface area (Å²) >= 11 is 0. The number of allylic oxidation sites excluding steroid dienone is 1. The summed E-state index contributed by atoms with van der Waals surface area (Å²) in [7, 11) is 1.60. The van der Waals surface area contributed by atoms with Crippen LogP contribution in [-0.4, -0.2) is 29.0 Å². The maximum absolute atomic E-state index is 10.1. The van der Waals surface area contributed by atoms with Gasteiger partial charge >= 0.3 is 0 Å². The van der Waals surface area contributed by atoms with E-state index in [1.165, 1.54) is 6.07 Å². The average molecular weight is 404 g/mol. The summed E-state index contributed by atoms with van der Waals surface area (Å²) < 4.78 is 16.4. The van der Waals surface area contributed by atoms with Gasteiger partial charge in [0.25, 0.3) is 0 Å². The summed E-state index contributed by atoms with van der Waals surface area (Å²) in [4.78, 5) is 0. The number of nitrogens with zero attached hydrogens (tertiary/aromatic N) is 2. The van der Waals surface area contributed by atoms with Crippen LogP contribution in [0.25, 0.3) is 11.3 Å². The van der Waals surface area contributed by atoms with Crippen LogP contribution in [0.15, 0.2) is 53.9 Å². The second-order valence-corrected chi connectivity index (χ2v) is 6.63. The van der Waals surface area contributed by atoms with E-state index in [0.29, 0.717) is 29.5 Å². The van der Waals surface area contributed by atoms with Gasteiger partial charge < -0.3 is 25.1 Å². The van der Waals surface area contributed by atoms with Crippen LogP contribution in [-0.2, 0) is 0 Å². The van der Waals surface area contributed by atoms with Crippen molar-refractivity contribution in [3.63, 3.8) is 0 Å². The molecule has 4 rings (SSSR count). The van der Waals surface area contributed by atoms with Crippen LogP contribution in [0.2, 0.25) is 0 Å². The lowest BCUT2D eigenvalue weighted by atomic mass is 9.83. The number of ether oxygens (including phenoxy) is 3. The third-order valence-corrected chi connectivity index (χ3v) is 4.93. The van der Waals surface area contributed by atoms with Crippen LogP contribution >= 0.6 is 0 Å². The molecule has 1 aromatic heterocycles. The van der Waals surface area contributed by atoms with Gasteiger partial charge in [-0.25, -0.2) is 0 Å². The minimum Gasteiger partial charge on any atom is -0.504 e. The highest BCUT2D eigenvalue weighted by atomic mass is 16.5. The van der Waals surface area contributed by atoms with E-state index in [0.717, 1.165) is 16.9 Å². The molecule has 0 unspecified atom stereocenters. The highest BCUT2D eigenvalue weighted by molar-refractivity contribution is 5.71. The third kappa shape index (κ3) is 3.16. The van der Waals surface area contributed by atoms with Crippen LogP contribution in [0.1, 0.15) is 24.0 Å². The van der Waals surface area contributed by atoms with Gasteiger partial charge in [-0.1, -0.05) is 6.07 Å². The maximum atomic E-state index is 10.1. The van der Waals surface area contributed by atoms with Crippen molar-refractivity contribution in [1.82, 2.24) is 10.2 Å². The summed E-state index contributed by atoms with van der Waals surface area (Å²) in [6.45, 7) is 2.22. The summed E-state index contributed by atoms with van der Waals surface area (Å²) in [6, 6.07) is 14.6. The van der Waals surface area contributed by atoms with E-state index in [1.54, 1.807) is 19.2 Å². The lowest BCUT2D eigenvalue weighted by Crippen LogP contribution is -2.21. The number of rotatable bonds is 5. The number of fused-ring (bicyclic) bond motifs is 1. The number of phenolic OH excluding ortho intramolecular Hbond substituents is 1. The van der Waals surface area contributed by atoms with E-state index in [9.17, 15) is 10.4 Å². The smallest absolute Gasteiger partial charge is 0.244 e. The molecule has 8 nitrogen and oxygen atoms in total. The number of aromatic hydroxyl groups is 1. The van der Waals surface area contributed by atoms with Gasteiger partial charge in [0.15, 0.2) is 11.5 Å². The van der Waals surface area contributed by atoms with Crippen molar-refractivity contribution in [2.24, 2.45) is 5.73 Å². The second kappa shape index (κ2) is 7.72. The Bertz CT molecular complexity index is 1160. The largest absolute Gasteiger partial charge is 0.504 e. The average Bonchev–Trinajstić information content (AvgIpc) is 3.18. The van der Waals surface area contributed by atoms with E-state index < -0.39 is 5.92 Å². The van der Waals surface area contributed by atoms with Crippen molar-refractivity contribution >= 4 is 0 Å². The number of benzene rings is 2. The number of hydrogen-bond donors (Lipinski definition) is 3. The zero-order valence-electron chi connectivity index (χ0n) is 16.5. The molecule has 8 heteroatoms. The van der Waals surface area contributed by atoms with Crippen molar-refractivity contribution in [2.75, 3.05) is 13.7 Å². The molecule has 1 aliphatic rings. The van der Waals surface area contributed by atoms with E-state index in [-0.39, 0.29) is 17.2 Å². The lowest BCUT2D eigenvalue weighted by Gasteiger charge is -2.24. The van der Waals surface area contributed by atoms with Crippen molar-refractivity contribution in [1.29, 1.82) is 5.26 Å². The monoisotopic (exact) mass is 404 g/mol. The molecule has 30 heavy (non-hydrogen) atoms. The molecule has 0 amide bonds. The normalized spacial score (nSPS) is 15.2. The van der Waals surface area contributed by atoms with Crippen LogP contribution in [0.4, 0.5) is 0 Å². The van der Waals surface area contributed by atoms with E-state index in [4.69, 9.17) is 19.9 Å². The van der Waals surface area contributed by atoms with Gasteiger partial charge in [-0.05, 0) is 48.9 Å². The topological polar surface area (TPSA) is 126 Å². The van der Waals surface area contributed by atoms with Gasteiger partial charge in [0.05, 0.1) is 30.9 Å². The van der Waals surface area contributed by atoms with Crippen molar-refractivity contribution < 1.29 is 19.3 Å². The fourth-order valence-corrected chi connectivity index (χ4v) is 3.54. The van der Waals surface area contributed by atoms with Crippen LogP contribution in [0, 0.1) is 11.3 Å². The van der Waals surface area contributed by atoms with E-state index in [2.05, 4.69) is 16.3 Å². The maximum Gasteiger partial charge on any atom is 0.244 e. The Hall–Kier alpha value is -4.12. The highest BCUT2D eigenvalue weighted by Gasteiger charge is 2.36. The second-order valence-electron chi connectivity index (χ2n) is 6.63. The standard InChI is InChI=1S/C22H20N4O4/c1-3-29-17-10-13(6-9-16(17)27)18-15(11-23)21(24)30-22-19(18)20(25-26-22)12-4-7-14(28-2)8-5-12/h4-10,18,27H,3,24H2,1-2H3,(H,25,26)/t18-/m0/s1. The number of phenols is 1. The fraction of sp³-hybridized carbons (Fsp3) is 0.182. The van der Waals surface area contributed by atoms with Gasteiger partial charge in [-0.15, -0.1) is 5.10 Å². The van der Waals surface area contributed by atoms with E-state index >= 15 is 0 Å². The Morgan fingerprint density at radius 2 is 2.03 bits per heavy atom. The SMILES string of the molecule is CCOc1cc([C@H]2C(C#N)=C(N)Oc3n[nH]c(-c4ccc(OC)cc4)c32)ccc1O. The first-order valence-corrected chi connectivity index (χ1v) is 9.33. The zero-order valence-corrected chi connectivity index (χ0v) is 16.5. The molecule has 0 fully saturated rings. The van der Waals surface area contributed by atoms with Crippen molar-refractivity contribution in [3.05, 3.63) is 65.0 Å². The van der Waals surface area contributed by atoms with Gasteiger partial charge in [0, 0.05) is 5.56 Å². The number of aromatic amines is 1. The Kier molecular flexibility index (Phi) is 4.94. The van der Waals surface area contributed by atoms with Crippen LogP contribution in [0.3, 0.4) is 0 Å². The molecule has 0 aliphatic carbocycles.